The van der Waals surface area contributed by atoms with E-state index in [9.17, 15) is 5.11 Å². The number of hydrogen-bond donors (Lipinski definition) is 1. The summed E-state index contributed by atoms with van der Waals surface area (Å²) in [5.74, 6) is 0.853. The quantitative estimate of drug-likeness (QED) is 0.915. The predicted octanol–water partition coefficient (Wildman–Crippen LogP) is 2.23. The summed E-state index contributed by atoms with van der Waals surface area (Å²) >= 11 is 5.95. The number of piperidine rings is 1. The van der Waals surface area contributed by atoms with Crippen LogP contribution in [-0.4, -0.2) is 35.9 Å². The molecule has 5 heteroatoms. The van der Waals surface area contributed by atoms with Crippen LogP contribution < -0.4 is 4.90 Å². The zero-order chi connectivity index (χ0) is 13.2. The number of aromatic nitrogens is 1. The van der Waals surface area contributed by atoms with Crippen molar-refractivity contribution in [2.75, 3.05) is 25.1 Å². The van der Waals surface area contributed by atoms with Gasteiger partial charge in [0, 0.05) is 32.0 Å². The Balaban J connectivity index is 2.21. The largest absolute Gasteiger partial charge is 0.392 e. The van der Waals surface area contributed by atoms with Crippen LogP contribution in [0.2, 0.25) is 5.02 Å². The molecule has 1 aliphatic rings. The van der Waals surface area contributed by atoms with Crippen LogP contribution in [0.1, 0.15) is 25.3 Å². The molecule has 0 aromatic carbocycles. The van der Waals surface area contributed by atoms with Gasteiger partial charge in [0.25, 0.3) is 0 Å². The highest BCUT2D eigenvalue weighted by Gasteiger charge is 2.31. The number of nitrogens with zero attached hydrogens (tertiary/aromatic N) is 2. The number of aliphatic hydroxyl groups excluding tert-OH is 1. The number of halogens is 1. The number of hydrogen-bond acceptors (Lipinski definition) is 4. The topological polar surface area (TPSA) is 45.6 Å². The van der Waals surface area contributed by atoms with Crippen molar-refractivity contribution in [3.63, 3.8) is 0 Å². The van der Waals surface area contributed by atoms with E-state index in [0.29, 0.717) is 10.6 Å². The number of aliphatic hydroxyl groups is 1. The minimum Gasteiger partial charge on any atom is -0.392 e. The first kappa shape index (κ1) is 13.6. The van der Waals surface area contributed by atoms with Crippen LogP contribution in [0.4, 0.5) is 5.82 Å². The molecule has 18 heavy (non-hydrogen) atoms. The molecule has 1 aromatic rings. The van der Waals surface area contributed by atoms with Crippen molar-refractivity contribution < 1.29 is 9.84 Å². The Morgan fingerprint density at radius 2 is 2.39 bits per heavy atom. The summed E-state index contributed by atoms with van der Waals surface area (Å²) in [5.41, 5.74) is 0.588. The second kappa shape index (κ2) is 5.43. The molecule has 1 unspecified atom stereocenters. The van der Waals surface area contributed by atoms with E-state index in [2.05, 4.69) is 16.8 Å². The number of rotatable bonds is 3. The van der Waals surface area contributed by atoms with Gasteiger partial charge in [-0.05, 0) is 25.8 Å². The fraction of sp³-hybridized carbons (Fsp3) is 0.615. The number of ether oxygens (including phenoxy) is 1. The first-order valence-corrected chi connectivity index (χ1v) is 6.51. The van der Waals surface area contributed by atoms with Crippen LogP contribution in [0.5, 0.6) is 0 Å². The van der Waals surface area contributed by atoms with Crippen LogP contribution in [0, 0.1) is 0 Å². The third-order valence-corrected chi connectivity index (χ3v) is 3.91. The highest BCUT2D eigenvalue weighted by atomic mass is 35.5. The van der Waals surface area contributed by atoms with Crippen molar-refractivity contribution in [3.8, 4) is 0 Å². The number of anilines is 1. The minimum absolute atomic E-state index is 0.0657. The third kappa shape index (κ3) is 2.76. The average Bonchev–Trinajstić information content (AvgIpc) is 2.39. The van der Waals surface area contributed by atoms with Gasteiger partial charge in [0.15, 0.2) is 0 Å². The van der Waals surface area contributed by atoms with Gasteiger partial charge < -0.3 is 14.7 Å². The molecule has 1 fully saturated rings. The molecule has 1 atom stereocenters. The summed E-state index contributed by atoms with van der Waals surface area (Å²) in [6, 6.07) is 1.85. The Labute approximate surface area is 113 Å². The van der Waals surface area contributed by atoms with Crippen LogP contribution in [0.3, 0.4) is 0 Å². The molecular formula is C13H19ClN2O2. The summed E-state index contributed by atoms with van der Waals surface area (Å²) in [4.78, 5) is 6.52. The Morgan fingerprint density at radius 1 is 1.61 bits per heavy atom. The van der Waals surface area contributed by atoms with E-state index in [-0.39, 0.29) is 12.2 Å². The van der Waals surface area contributed by atoms with E-state index in [0.717, 1.165) is 31.7 Å². The summed E-state index contributed by atoms with van der Waals surface area (Å²) in [7, 11) is 1.75. The molecule has 0 radical (unpaired) electrons. The van der Waals surface area contributed by atoms with Crippen LogP contribution in [0.25, 0.3) is 0 Å². The van der Waals surface area contributed by atoms with Gasteiger partial charge in [0.05, 0.1) is 17.2 Å². The van der Waals surface area contributed by atoms with Crippen LogP contribution in [0.15, 0.2) is 12.3 Å². The molecule has 1 aliphatic heterocycles. The lowest BCUT2D eigenvalue weighted by Gasteiger charge is -2.40. The van der Waals surface area contributed by atoms with Crippen LogP contribution in [-0.2, 0) is 11.3 Å². The van der Waals surface area contributed by atoms with Crippen molar-refractivity contribution in [1.29, 1.82) is 0 Å². The molecule has 100 valence electrons. The van der Waals surface area contributed by atoms with Gasteiger partial charge in [0.2, 0.25) is 0 Å². The van der Waals surface area contributed by atoms with E-state index in [1.165, 1.54) is 0 Å². The van der Waals surface area contributed by atoms with Crippen molar-refractivity contribution in [2.45, 2.75) is 32.0 Å². The SMILES string of the molecule is COC1(C)CCCN(c2cc(CO)c(Cl)cn2)C1. The Hall–Kier alpha value is -0.840. The fourth-order valence-electron chi connectivity index (χ4n) is 2.33. The van der Waals surface area contributed by atoms with Crippen molar-refractivity contribution in [1.82, 2.24) is 4.98 Å². The van der Waals surface area contributed by atoms with Crippen molar-refractivity contribution in [2.24, 2.45) is 0 Å². The molecular weight excluding hydrogens is 252 g/mol. The van der Waals surface area contributed by atoms with E-state index in [1.807, 2.05) is 6.07 Å². The van der Waals surface area contributed by atoms with Gasteiger partial charge in [-0.1, -0.05) is 11.6 Å². The molecule has 0 aliphatic carbocycles. The van der Waals surface area contributed by atoms with Gasteiger partial charge in [-0.3, -0.25) is 0 Å². The summed E-state index contributed by atoms with van der Waals surface area (Å²) in [5, 5.41) is 9.74. The van der Waals surface area contributed by atoms with Crippen LogP contribution >= 0.6 is 11.6 Å². The molecule has 0 saturated carbocycles. The normalized spacial score (nSPS) is 24.3. The minimum atomic E-state index is -0.126. The third-order valence-electron chi connectivity index (χ3n) is 3.57. The zero-order valence-corrected chi connectivity index (χ0v) is 11.6. The lowest BCUT2D eigenvalue weighted by molar-refractivity contribution is -0.00481. The monoisotopic (exact) mass is 270 g/mol. The molecule has 0 spiro atoms. The molecule has 1 saturated heterocycles. The standard InChI is InChI=1S/C13H19ClN2O2/c1-13(18-2)4-3-5-16(9-13)12-6-10(8-17)11(14)7-15-12/h6-7,17H,3-5,8-9H2,1-2H3. The molecule has 0 amide bonds. The highest BCUT2D eigenvalue weighted by molar-refractivity contribution is 6.31. The highest BCUT2D eigenvalue weighted by Crippen LogP contribution is 2.28. The van der Waals surface area contributed by atoms with Crippen molar-refractivity contribution in [3.05, 3.63) is 22.8 Å². The molecule has 2 heterocycles. The number of methoxy groups -OCH3 is 1. The van der Waals surface area contributed by atoms with Crippen molar-refractivity contribution >= 4 is 17.4 Å². The van der Waals surface area contributed by atoms with Gasteiger partial charge in [0.1, 0.15) is 5.82 Å². The van der Waals surface area contributed by atoms with Gasteiger partial charge in [-0.25, -0.2) is 4.98 Å². The molecule has 2 rings (SSSR count). The van der Waals surface area contributed by atoms with Gasteiger partial charge >= 0.3 is 0 Å². The fourth-order valence-corrected chi connectivity index (χ4v) is 2.49. The second-order valence-corrected chi connectivity index (χ2v) is 5.38. The summed E-state index contributed by atoms with van der Waals surface area (Å²) in [6.07, 6.45) is 3.73. The Morgan fingerprint density at radius 3 is 3.06 bits per heavy atom. The van der Waals surface area contributed by atoms with E-state index in [1.54, 1.807) is 13.3 Å². The molecule has 1 aromatic heterocycles. The lowest BCUT2D eigenvalue weighted by atomic mass is 9.95. The molecule has 0 bridgehead atoms. The van der Waals surface area contributed by atoms with Gasteiger partial charge in [-0.15, -0.1) is 0 Å². The molecule has 1 N–H and O–H groups in total. The lowest BCUT2D eigenvalue weighted by Crippen LogP contribution is -2.47. The van der Waals surface area contributed by atoms with E-state index in [4.69, 9.17) is 16.3 Å². The first-order valence-electron chi connectivity index (χ1n) is 6.13. The smallest absolute Gasteiger partial charge is 0.129 e. The summed E-state index contributed by atoms with van der Waals surface area (Å²) in [6.45, 7) is 3.81. The Bertz CT molecular complexity index is 427. The van der Waals surface area contributed by atoms with E-state index >= 15 is 0 Å². The Kier molecular flexibility index (Phi) is 4.10. The zero-order valence-electron chi connectivity index (χ0n) is 10.8. The first-order chi connectivity index (χ1) is 8.58. The maximum Gasteiger partial charge on any atom is 0.129 e. The average molecular weight is 271 g/mol. The predicted molar refractivity (Wildman–Crippen MR) is 72.0 cm³/mol. The maximum absolute atomic E-state index is 9.23. The summed E-state index contributed by atoms with van der Waals surface area (Å²) < 4.78 is 5.57. The second-order valence-electron chi connectivity index (χ2n) is 4.97. The van der Waals surface area contributed by atoms with E-state index < -0.39 is 0 Å². The number of pyridine rings is 1. The molecule has 4 nitrogen and oxygen atoms in total. The maximum atomic E-state index is 9.23. The van der Waals surface area contributed by atoms with Gasteiger partial charge in [-0.2, -0.15) is 0 Å².